The fraction of sp³-hybridized carbons (Fsp3) is 0.222. The summed E-state index contributed by atoms with van der Waals surface area (Å²) in [4.78, 5) is 23.7. The number of carbonyl (C=O) groups is 2. The number of hydrogen-bond acceptors (Lipinski definition) is 6. The van der Waals surface area contributed by atoms with Gasteiger partial charge in [0.2, 0.25) is 10.0 Å². The van der Waals surface area contributed by atoms with Gasteiger partial charge in [0, 0.05) is 5.69 Å². The average Bonchev–Trinajstić information content (AvgIpc) is 2.67. The van der Waals surface area contributed by atoms with Gasteiger partial charge in [0.15, 0.2) is 6.61 Å². The van der Waals surface area contributed by atoms with Crippen molar-refractivity contribution in [2.75, 3.05) is 19.0 Å². The summed E-state index contributed by atoms with van der Waals surface area (Å²) >= 11 is 0. The lowest BCUT2D eigenvalue weighted by atomic mass is 10.3. The molecule has 0 fully saturated rings. The van der Waals surface area contributed by atoms with Crippen LogP contribution in [-0.4, -0.2) is 40.1 Å². The first-order chi connectivity index (χ1) is 13.2. The smallest absolute Gasteiger partial charge is 0.324 e. The van der Waals surface area contributed by atoms with Gasteiger partial charge < -0.3 is 14.8 Å². The number of methoxy groups -OCH3 is 1. The Morgan fingerprint density at radius 3 is 2.25 bits per heavy atom. The van der Waals surface area contributed by atoms with E-state index in [-0.39, 0.29) is 4.90 Å². The molecule has 0 spiro atoms. The first-order valence-electron chi connectivity index (χ1n) is 8.09. The molecule has 0 aromatic heterocycles. The zero-order valence-electron chi connectivity index (χ0n) is 15.1. The van der Waals surface area contributed by atoms with Crippen LogP contribution in [-0.2, 0) is 24.3 Å². The van der Waals surface area contributed by atoms with E-state index in [1.807, 2.05) is 0 Å². The predicted octanol–water partition coefficient (Wildman–Crippen LogP) is 1.68. The van der Waals surface area contributed by atoms with Crippen LogP contribution in [0.5, 0.6) is 5.75 Å². The van der Waals surface area contributed by atoms with Crippen LogP contribution in [0.4, 0.5) is 10.1 Å². The van der Waals surface area contributed by atoms with Crippen molar-refractivity contribution >= 4 is 27.6 Å². The third kappa shape index (κ3) is 6.03. The Bertz CT molecular complexity index is 930. The van der Waals surface area contributed by atoms with Crippen molar-refractivity contribution in [3.63, 3.8) is 0 Å². The molecule has 0 saturated heterocycles. The van der Waals surface area contributed by atoms with E-state index in [0.29, 0.717) is 11.4 Å². The van der Waals surface area contributed by atoms with Crippen LogP contribution in [0.2, 0.25) is 0 Å². The second-order valence-corrected chi connectivity index (χ2v) is 7.40. The molecule has 10 heteroatoms. The highest BCUT2D eigenvalue weighted by atomic mass is 32.2. The first kappa shape index (κ1) is 21.3. The second kappa shape index (κ2) is 9.29. The number of amides is 1. The molecule has 1 unspecified atom stereocenters. The fourth-order valence-corrected chi connectivity index (χ4v) is 3.29. The van der Waals surface area contributed by atoms with Crippen molar-refractivity contribution in [3.8, 4) is 5.75 Å². The minimum absolute atomic E-state index is 0.0537. The molecule has 28 heavy (non-hydrogen) atoms. The lowest BCUT2D eigenvalue weighted by Gasteiger charge is -2.14. The Labute approximate surface area is 161 Å². The quantitative estimate of drug-likeness (QED) is 0.641. The Hall–Kier alpha value is -2.98. The van der Waals surface area contributed by atoms with Gasteiger partial charge >= 0.3 is 5.97 Å². The minimum Gasteiger partial charge on any atom is -0.497 e. The molecule has 0 aliphatic rings. The Balaban J connectivity index is 1.87. The molecular weight excluding hydrogens is 391 g/mol. The van der Waals surface area contributed by atoms with E-state index in [9.17, 15) is 22.4 Å². The number of rotatable bonds is 8. The zero-order chi connectivity index (χ0) is 20.7. The highest BCUT2D eigenvalue weighted by Crippen LogP contribution is 2.15. The van der Waals surface area contributed by atoms with Crippen molar-refractivity contribution in [1.82, 2.24) is 4.72 Å². The van der Waals surface area contributed by atoms with Gasteiger partial charge in [0.25, 0.3) is 5.91 Å². The number of benzene rings is 2. The molecule has 0 aliphatic heterocycles. The molecule has 0 aliphatic carbocycles. The van der Waals surface area contributed by atoms with Gasteiger partial charge in [-0.1, -0.05) is 0 Å². The summed E-state index contributed by atoms with van der Waals surface area (Å²) in [6.45, 7) is 0.673. The van der Waals surface area contributed by atoms with E-state index in [4.69, 9.17) is 9.47 Å². The van der Waals surface area contributed by atoms with E-state index >= 15 is 0 Å². The van der Waals surface area contributed by atoms with E-state index in [1.165, 1.54) is 50.4 Å². The van der Waals surface area contributed by atoms with Crippen LogP contribution in [0.25, 0.3) is 0 Å². The van der Waals surface area contributed by atoms with Gasteiger partial charge in [-0.15, -0.1) is 0 Å². The lowest BCUT2D eigenvalue weighted by Crippen LogP contribution is -2.40. The van der Waals surface area contributed by atoms with E-state index < -0.39 is 40.4 Å². The van der Waals surface area contributed by atoms with E-state index in [1.54, 1.807) is 0 Å². The van der Waals surface area contributed by atoms with Crippen molar-refractivity contribution in [2.45, 2.75) is 17.9 Å². The van der Waals surface area contributed by atoms with Gasteiger partial charge in [0.05, 0.1) is 12.0 Å². The SMILES string of the molecule is COc1ccc(S(=O)(=O)NC(C)C(=O)OCC(=O)Nc2ccc(F)cc2)cc1. The maximum Gasteiger partial charge on any atom is 0.324 e. The van der Waals surface area contributed by atoms with Crippen molar-refractivity contribution in [1.29, 1.82) is 0 Å². The maximum atomic E-state index is 12.8. The number of esters is 1. The van der Waals surface area contributed by atoms with Crippen molar-refractivity contribution in [2.24, 2.45) is 0 Å². The highest BCUT2D eigenvalue weighted by molar-refractivity contribution is 7.89. The average molecular weight is 410 g/mol. The summed E-state index contributed by atoms with van der Waals surface area (Å²) in [6.07, 6.45) is 0. The molecule has 0 saturated carbocycles. The van der Waals surface area contributed by atoms with E-state index in [2.05, 4.69) is 10.0 Å². The molecular formula is C18H19FN2O6S. The third-order valence-corrected chi connectivity index (χ3v) is 5.09. The van der Waals surface area contributed by atoms with Crippen LogP contribution in [0.3, 0.4) is 0 Å². The van der Waals surface area contributed by atoms with Gasteiger partial charge in [-0.2, -0.15) is 4.72 Å². The summed E-state index contributed by atoms with van der Waals surface area (Å²) in [5.74, 6) is -1.54. The number of carbonyl (C=O) groups excluding carboxylic acids is 2. The Kier molecular flexibility index (Phi) is 7.07. The highest BCUT2D eigenvalue weighted by Gasteiger charge is 2.23. The lowest BCUT2D eigenvalue weighted by molar-refractivity contribution is -0.148. The molecule has 1 atom stereocenters. The molecule has 150 valence electrons. The standard InChI is InChI=1S/C18H19FN2O6S/c1-12(21-28(24,25)16-9-7-15(26-2)8-10-16)18(23)27-11-17(22)20-14-5-3-13(19)4-6-14/h3-10,12,21H,11H2,1-2H3,(H,20,22). The summed E-state index contributed by atoms with van der Waals surface area (Å²) < 4.78 is 49.3. The van der Waals surface area contributed by atoms with Crippen LogP contribution in [0.15, 0.2) is 53.4 Å². The van der Waals surface area contributed by atoms with Gasteiger partial charge in [0.1, 0.15) is 17.6 Å². The number of sulfonamides is 1. The number of ether oxygens (including phenoxy) is 2. The Morgan fingerprint density at radius 2 is 1.68 bits per heavy atom. The number of nitrogens with one attached hydrogen (secondary N) is 2. The first-order valence-corrected chi connectivity index (χ1v) is 9.58. The van der Waals surface area contributed by atoms with Crippen LogP contribution in [0, 0.1) is 5.82 Å². The summed E-state index contributed by atoms with van der Waals surface area (Å²) in [6, 6.07) is 9.40. The monoisotopic (exact) mass is 410 g/mol. The van der Waals surface area contributed by atoms with Crippen LogP contribution in [0.1, 0.15) is 6.92 Å². The normalized spacial score (nSPS) is 12.1. The molecule has 8 nitrogen and oxygen atoms in total. The Morgan fingerprint density at radius 1 is 1.07 bits per heavy atom. The molecule has 2 aromatic carbocycles. The van der Waals surface area contributed by atoms with Crippen molar-refractivity contribution in [3.05, 3.63) is 54.3 Å². The molecule has 1 amide bonds. The third-order valence-electron chi connectivity index (χ3n) is 3.53. The number of halogens is 1. The topological polar surface area (TPSA) is 111 Å². The van der Waals surface area contributed by atoms with Gasteiger partial charge in [-0.3, -0.25) is 9.59 Å². The van der Waals surface area contributed by atoms with Gasteiger partial charge in [-0.25, -0.2) is 12.8 Å². The number of anilines is 1. The fourth-order valence-electron chi connectivity index (χ4n) is 2.10. The molecule has 0 radical (unpaired) electrons. The summed E-state index contributed by atoms with van der Waals surface area (Å²) in [5, 5.41) is 2.41. The molecule has 2 rings (SSSR count). The van der Waals surface area contributed by atoms with Crippen molar-refractivity contribution < 1.29 is 31.9 Å². The molecule has 2 N–H and O–H groups in total. The molecule has 0 bridgehead atoms. The molecule has 0 heterocycles. The minimum atomic E-state index is -3.96. The van der Waals surface area contributed by atoms with Gasteiger partial charge in [-0.05, 0) is 55.5 Å². The maximum absolute atomic E-state index is 12.8. The summed E-state index contributed by atoms with van der Waals surface area (Å²) in [7, 11) is -2.51. The van der Waals surface area contributed by atoms with E-state index in [0.717, 1.165) is 12.1 Å². The number of hydrogen-bond donors (Lipinski definition) is 2. The molecule has 2 aromatic rings. The largest absolute Gasteiger partial charge is 0.497 e. The van der Waals surface area contributed by atoms with Crippen LogP contribution < -0.4 is 14.8 Å². The zero-order valence-corrected chi connectivity index (χ0v) is 16.0. The summed E-state index contributed by atoms with van der Waals surface area (Å²) in [5.41, 5.74) is 0.329. The second-order valence-electron chi connectivity index (χ2n) is 5.68. The predicted molar refractivity (Wildman–Crippen MR) is 98.8 cm³/mol. The van der Waals surface area contributed by atoms with Crippen LogP contribution >= 0.6 is 0 Å².